The maximum absolute atomic E-state index is 12.2. The number of aromatic nitrogens is 2. The van der Waals surface area contributed by atoms with Crippen molar-refractivity contribution in [1.82, 2.24) is 19.8 Å². The molecule has 0 atom stereocenters. The highest BCUT2D eigenvalue weighted by molar-refractivity contribution is 7.89. The molecule has 5 N–H and O–H groups in total. The van der Waals surface area contributed by atoms with Crippen molar-refractivity contribution in [2.45, 2.75) is 11.8 Å². The molecule has 124 valence electrons. The SMILES string of the molecule is Cc1ccc(S(=O)(=O)NNc2ncnc(NN(C)C)c2N)cc1. The van der Waals surface area contributed by atoms with E-state index in [1.807, 2.05) is 6.92 Å². The molecule has 0 radical (unpaired) electrons. The van der Waals surface area contributed by atoms with Gasteiger partial charge in [0.05, 0.1) is 4.90 Å². The van der Waals surface area contributed by atoms with Gasteiger partial charge in [0.1, 0.15) is 12.0 Å². The van der Waals surface area contributed by atoms with Crippen LogP contribution in [0.5, 0.6) is 0 Å². The zero-order valence-corrected chi connectivity index (χ0v) is 13.8. The number of aryl methyl sites for hydroxylation is 1. The smallest absolute Gasteiger partial charge is 0.257 e. The van der Waals surface area contributed by atoms with Crippen LogP contribution in [0.4, 0.5) is 17.3 Å². The van der Waals surface area contributed by atoms with Gasteiger partial charge in [0.2, 0.25) is 0 Å². The van der Waals surface area contributed by atoms with Crippen LogP contribution in [0.1, 0.15) is 5.56 Å². The number of anilines is 3. The molecule has 0 spiro atoms. The summed E-state index contributed by atoms with van der Waals surface area (Å²) in [5, 5.41) is 1.65. The average molecular weight is 337 g/mol. The topological polar surface area (TPSA) is 125 Å². The molecule has 1 aromatic carbocycles. The van der Waals surface area contributed by atoms with Gasteiger partial charge in [-0.15, -0.1) is 4.83 Å². The Bertz CT molecular complexity index is 775. The number of hydrogen-bond donors (Lipinski definition) is 4. The maximum atomic E-state index is 12.2. The summed E-state index contributed by atoms with van der Waals surface area (Å²) in [7, 11) is -0.191. The van der Waals surface area contributed by atoms with Gasteiger partial charge in [-0.25, -0.2) is 23.4 Å². The molecular weight excluding hydrogens is 318 g/mol. The lowest BCUT2D eigenvalue weighted by Gasteiger charge is -2.16. The number of nitrogens with one attached hydrogen (secondary N) is 3. The predicted octanol–water partition coefficient (Wildman–Crippen LogP) is 0.561. The summed E-state index contributed by atoms with van der Waals surface area (Å²) in [5.74, 6) is 0.516. The summed E-state index contributed by atoms with van der Waals surface area (Å²) in [6.07, 6.45) is 1.27. The largest absolute Gasteiger partial charge is 0.393 e. The van der Waals surface area contributed by atoms with Gasteiger partial charge in [0, 0.05) is 14.1 Å². The van der Waals surface area contributed by atoms with Crippen molar-refractivity contribution in [1.29, 1.82) is 0 Å². The van der Waals surface area contributed by atoms with E-state index in [0.29, 0.717) is 5.82 Å². The molecule has 0 aliphatic heterocycles. The van der Waals surface area contributed by atoms with E-state index in [-0.39, 0.29) is 16.4 Å². The van der Waals surface area contributed by atoms with Crippen molar-refractivity contribution in [3.05, 3.63) is 36.2 Å². The Kier molecular flexibility index (Phi) is 4.98. The van der Waals surface area contributed by atoms with Crippen LogP contribution in [-0.2, 0) is 10.0 Å². The first-order valence-electron chi connectivity index (χ1n) is 6.68. The molecule has 10 heteroatoms. The quantitative estimate of drug-likeness (QED) is 0.564. The normalized spacial score (nSPS) is 11.5. The second-order valence-electron chi connectivity index (χ2n) is 5.03. The van der Waals surface area contributed by atoms with Gasteiger partial charge in [0.15, 0.2) is 11.6 Å². The number of nitrogens with two attached hydrogens (primary N) is 1. The van der Waals surface area contributed by atoms with Gasteiger partial charge in [-0.05, 0) is 19.1 Å². The fraction of sp³-hybridized carbons (Fsp3) is 0.231. The van der Waals surface area contributed by atoms with E-state index in [9.17, 15) is 8.42 Å². The van der Waals surface area contributed by atoms with Crippen molar-refractivity contribution in [2.24, 2.45) is 0 Å². The minimum atomic E-state index is -3.74. The van der Waals surface area contributed by atoms with E-state index in [2.05, 4.69) is 25.7 Å². The number of hydrogen-bond acceptors (Lipinski definition) is 8. The van der Waals surface area contributed by atoms with Crippen LogP contribution in [-0.4, -0.2) is 37.5 Å². The molecule has 2 aromatic rings. The van der Waals surface area contributed by atoms with Crippen molar-refractivity contribution in [3.8, 4) is 0 Å². The third-order valence-electron chi connectivity index (χ3n) is 2.85. The maximum Gasteiger partial charge on any atom is 0.257 e. The van der Waals surface area contributed by atoms with Crippen LogP contribution in [0.2, 0.25) is 0 Å². The lowest BCUT2D eigenvalue weighted by molar-refractivity contribution is 0.492. The molecule has 0 amide bonds. The number of nitrogen functional groups attached to an aromatic ring is 1. The number of nitrogens with zero attached hydrogens (tertiary/aromatic N) is 3. The van der Waals surface area contributed by atoms with Crippen LogP contribution in [0.25, 0.3) is 0 Å². The van der Waals surface area contributed by atoms with E-state index in [1.165, 1.54) is 18.5 Å². The van der Waals surface area contributed by atoms with E-state index in [1.54, 1.807) is 31.2 Å². The molecule has 1 heterocycles. The summed E-state index contributed by atoms with van der Waals surface area (Å²) in [6, 6.07) is 6.46. The first-order valence-corrected chi connectivity index (χ1v) is 8.17. The zero-order chi connectivity index (χ0) is 17.0. The first-order chi connectivity index (χ1) is 10.8. The van der Waals surface area contributed by atoms with Crippen molar-refractivity contribution in [2.75, 3.05) is 30.7 Å². The molecular formula is C13H19N7O2S. The van der Waals surface area contributed by atoms with Crippen LogP contribution < -0.4 is 21.4 Å². The minimum absolute atomic E-state index is 0.134. The summed E-state index contributed by atoms with van der Waals surface area (Å²) in [4.78, 5) is 10.3. The molecule has 0 unspecified atom stereocenters. The number of rotatable bonds is 6. The lowest BCUT2D eigenvalue weighted by atomic mass is 10.2. The molecule has 0 aliphatic carbocycles. The van der Waals surface area contributed by atoms with Crippen LogP contribution in [0.15, 0.2) is 35.5 Å². The van der Waals surface area contributed by atoms with Crippen LogP contribution >= 0.6 is 0 Å². The highest BCUT2D eigenvalue weighted by Gasteiger charge is 2.15. The number of benzene rings is 1. The highest BCUT2D eigenvalue weighted by atomic mass is 32.2. The molecule has 23 heavy (non-hydrogen) atoms. The molecule has 0 bridgehead atoms. The lowest BCUT2D eigenvalue weighted by Crippen LogP contribution is -2.31. The van der Waals surface area contributed by atoms with Crippen molar-refractivity contribution < 1.29 is 8.42 Å². The fourth-order valence-electron chi connectivity index (χ4n) is 1.69. The van der Waals surface area contributed by atoms with Gasteiger partial charge in [-0.2, -0.15) is 0 Å². The molecule has 9 nitrogen and oxygen atoms in total. The molecule has 0 saturated heterocycles. The average Bonchev–Trinajstić information content (AvgIpc) is 2.48. The molecule has 2 rings (SSSR count). The Hall–Kier alpha value is -2.43. The predicted molar refractivity (Wildman–Crippen MR) is 88.9 cm³/mol. The van der Waals surface area contributed by atoms with E-state index >= 15 is 0 Å². The zero-order valence-electron chi connectivity index (χ0n) is 13.0. The molecule has 0 aliphatic rings. The Morgan fingerprint density at radius 3 is 2.30 bits per heavy atom. The van der Waals surface area contributed by atoms with E-state index in [0.717, 1.165) is 5.56 Å². The molecule has 0 saturated carbocycles. The van der Waals surface area contributed by atoms with E-state index < -0.39 is 10.0 Å². The summed E-state index contributed by atoms with van der Waals surface area (Å²) < 4.78 is 24.4. The van der Waals surface area contributed by atoms with Crippen LogP contribution in [0, 0.1) is 6.92 Å². The van der Waals surface area contributed by atoms with Gasteiger partial charge in [-0.1, -0.05) is 17.7 Å². The van der Waals surface area contributed by atoms with Gasteiger partial charge < -0.3 is 11.2 Å². The van der Waals surface area contributed by atoms with Crippen molar-refractivity contribution >= 4 is 27.3 Å². The molecule has 1 aromatic heterocycles. The van der Waals surface area contributed by atoms with Gasteiger partial charge in [0.25, 0.3) is 10.0 Å². The third kappa shape index (κ3) is 4.28. The summed E-state index contributed by atoms with van der Waals surface area (Å²) in [6.45, 7) is 1.88. The van der Waals surface area contributed by atoms with Gasteiger partial charge in [-0.3, -0.25) is 5.43 Å². The second-order valence-corrected chi connectivity index (χ2v) is 6.72. The Morgan fingerprint density at radius 1 is 1.09 bits per heavy atom. The summed E-state index contributed by atoms with van der Waals surface area (Å²) >= 11 is 0. The number of sulfonamides is 1. The van der Waals surface area contributed by atoms with E-state index in [4.69, 9.17) is 5.73 Å². The van der Waals surface area contributed by atoms with Crippen LogP contribution in [0.3, 0.4) is 0 Å². The van der Waals surface area contributed by atoms with Gasteiger partial charge >= 0.3 is 0 Å². The standard InChI is InChI=1S/C13H19N7O2S/c1-9-4-6-10(7-5-9)23(21,22)19-17-12-11(14)13(16-8-15-12)18-20(2)3/h4-8,19H,14H2,1-3H3,(H2,15,16,17,18). The Labute approximate surface area is 134 Å². The summed E-state index contributed by atoms with van der Waals surface area (Å²) in [5.41, 5.74) is 12.5. The third-order valence-corrected chi connectivity index (χ3v) is 4.11. The monoisotopic (exact) mass is 337 g/mol. The minimum Gasteiger partial charge on any atom is -0.393 e. The fourth-order valence-corrected chi connectivity index (χ4v) is 2.53. The number of hydrazine groups is 2. The highest BCUT2D eigenvalue weighted by Crippen LogP contribution is 2.22. The second kappa shape index (κ2) is 6.77. The Balaban J connectivity index is 2.15. The Morgan fingerprint density at radius 2 is 1.70 bits per heavy atom. The first kappa shape index (κ1) is 16.9. The molecule has 0 fully saturated rings. The van der Waals surface area contributed by atoms with Crippen molar-refractivity contribution in [3.63, 3.8) is 0 Å².